The number of amides is 1. The number of hydrogen-bond acceptors (Lipinski definition) is 1. The van der Waals surface area contributed by atoms with E-state index < -0.39 is 18.1 Å². The van der Waals surface area contributed by atoms with Crippen LogP contribution in [0.3, 0.4) is 0 Å². The number of halogens is 4. The Balaban J connectivity index is 2.00. The van der Waals surface area contributed by atoms with Crippen LogP contribution in [0.25, 0.3) is 10.9 Å². The number of hydrogen-bond donors (Lipinski definition) is 1. The van der Waals surface area contributed by atoms with Gasteiger partial charge in [-0.3, -0.25) is 4.79 Å². The molecule has 0 aliphatic rings. The molecule has 0 saturated carbocycles. The Morgan fingerprint density at radius 3 is 2.56 bits per heavy atom. The first kappa shape index (κ1) is 19.3. The Labute approximate surface area is 159 Å². The van der Waals surface area contributed by atoms with Gasteiger partial charge in [0.25, 0.3) is 5.91 Å². The summed E-state index contributed by atoms with van der Waals surface area (Å²) in [5.41, 5.74) is 1.90. The first-order valence-electron chi connectivity index (χ1n) is 8.43. The number of nitrogens with one attached hydrogen (secondary N) is 1. The molecule has 3 rings (SSSR count). The molecule has 1 amide bonds. The summed E-state index contributed by atoms with van der Waals surface area (Å²) < 4.78 is 42.5. The fourth-order valence-electron chi connectivity index (χ4n) is 3.14. The van der Waals surface area contributed by atoms with Crippen LogP contribution >= 0.6 is 11.6 Å². The van der Waals surface area contributed by atoms with Crippen molar-refractivity contribution in [2.24, 2.45) is 0 Å². The van der Waals surface area contributed by atoms with Gasteiger partial charge < -0.3 is 9.88 Å². The fourth-order valence-corrected chi connectivity index (χ4v) is 3.34. The molecule has 0 spiro atoms. The number of carbonyl (C=O) groups excluding carboxylic acids is 1. The number of carbonyl (C=O) groups is 1. The van der Waals surface area contributed by atoms with Gasteiger partial charge in [0.15, 0.2) is 6.04 Å². The molecule has 0 aliphatic heterocycles. The Morgan fingerprint density at radius 2 is 1.93 bits per heavy atom. The third-order valence-electron chi connectivity index (χ3n) is 4.39. The first-order valence-corrected chi connectivity index (χ1v) is 8.81. The van der Waals surface area contributed by atoms with Crippen molar-refractivity contribution in [2.45, 2.75) is 32.6 Å². The summed E-state index contributed by atoms with van der Waals surface area (Å²) in [7, 11) is 0. The predicted molar refractivity (Wildman–Crippen MR) is 100 cm³/mol. The van der Waals surface area contributed by atoms with E-state index in [0.717, 1.165) is 16.5 Å². The van der Waals surface area contributed by atoms with E-state index >= 15 is 0 Å². The van der Waals surface area contributed by atoms with Crippen molar-refractivity contribution in [3.8, 4) is 0 Å². The van der Waals surface area contributed by atoms with Crippen LogP contribution in [0.5, 0.6) is 0 Å². The van der Waals surface area contributed by atoms with Gasteiger partial charge in [-0.15, -0.1) is 0 Å². The minimum atomic E-state index is -4.65. The van der Waals surface area contributed by atoms with E-state index in [9.17, 15) is 18.0 Å². The van der Waals surface area contributed by atoms with Crippen LogP contribution in [0, 0.1) is 6.92 Å². The van der Waals surface area contributed by atoms with Crippen LogP contribution in [0.4, 0.5) is 13.2 Å². The van der Waals surface area contributed by atoms with Crippen molar-refractivity contribution < 1.29 is 18.0 Å². The standard InChI is InChI=1S/C20H18ClF3N2O/c1-3-26-16-9-12(2)7-8-13(16)11-17(26)19(27)25-18(20(22,23)24)14-5-4-6-15(21)10-14/h4-11,18H,3H2,1-2H3,(H,25,27). The second kappa shape index (κ2) is 7.27. The van der Waals surface area contributed by atoms with E-state index in [-0.39, 0.29) is 16.3 Å². The number of alkyl halides is 3. The molecule has 3 nitrogen and oxygen atoms in total. The lowest BCUT2D eigenvalue weighted by atomic mass is 10.1. The Morgan fingerprint density at radius 1 is 1.19 bits per heavy atom. The normalized spacial score (nSPS) is 13.0. The number of aryl methyl sites for hydroxylation is 2. The summed E-state index contributed by atoms with van der Waals surface area (Å²) in [6.07, 6.45) is -4.65. The summed E-state index contributed by atoms with van der Waals surface area (Å²) in [6, 6.07) is 10.5. The molecular formula is C20H18ClF3N2O. The van der Waals surface area contributed by atoms with E-state index in [1.165, 1.54) is 24.3 Å². The summed E-state index contributed by atoms with van der Waals surface area (Å²) in [6.45, 7) is 4.23. The number of benzene rings is 2. The van der Waals surface area contributed by atoms with Crippen molar-refractivity contribution in [3.05, 3.63) is 70.4 Å². The second-order valence-electron chi connectivity index (χ2n) is 6.34. The van der Waals surface area contributed by atoms with Gasteiger partial charge in [0, 0.05) is 22.5 Å². The molecule has 0 aliphatic carbocycles. The summed E-state index contributed by atoms with van der Waals surface area (Å²) in [5, 5.41) is 3.10. The molecule has 142 valence electrons. The van der Waals surface area contributed by atoms with Crippen LogP contribution in [0.2, 0.25) is 5.02 Å². The van der Waals surface area contributed by atoms with Crippen LogP contribution in [-0.4, -0.2) is 16.7 Å². The molecule has 0 saturated heterocycles. The predicted octanol–water partition coefficient (Wildman–Crippen LogP) is 5.66. The molecule has 0 fully saturated rings. The second-order valence-corrected chi connectivity index (χ2v) is 6.78. The Bertz CT molecular complexity index is 995. The van der Waals surface area contributed by atoms with Crippen LogP contribution < -0.4 is 5.32 Å². The van der Waals surface area contributed by atoms with Gasteiger partial charge in [0.1, 0.15) is 5.69 Å². The molecule has 0 radical (unpaired) electrons. The lowest BCUT2D eigenvalue weighted by Crippen LogP contribution is -2.38. The fraction of sp³-hybridized carbons (Fsp3) is 0.250. The van der Waals surface area contributed by atoms with Gasteiger partial charge in [-0.05, 0) is 49.2 Å². The topological polar surface area (TPSA) is 34.0 Å². The smallest absolute Gasteiger partial charge is 0.337 e. The summed E-state index contributed by atoms with van der Waals surface area (Å²) >= 11 is 5.82. The Hall–Kier alpha value is -2.47. The van der Waals surface area contributed by atoms with E-state index in [4.69, 9.17) is 11.6 Å². The number of rotatable bonds is 4. The molecule has 0 bridgehead atoms. The quantitative estimate of drug-likeness (QED) is 0.609. The highest BCUT2D eigenvalue weighted by Gasteiger charge is 2.42. The Kier molecular flexibility index (Phi) is 5.20. The van der Waals surface area contributed by atoms with Crippen molar-refractivity contribution in [1.82, 2.24) is 9.88 Å². The van der Waals surface area contributed by atoms with Crippen molar-refractivity contribution in [2.75, 3.05) is 0 Å². The zero-order valence-electron chi connectivity index (χ0n) is 14.8. The van der Waals surface area contributed by atoms with E-state index in [0.29, 0.717) is 6.54 Å². The van der Waals surface area contributed by atoms with E-state index in [1.807, 2.05) is 32.0 Å². The lowest BCUT2D eigenvalue weighted by Gasteiger charge is -2.22. The highest BCUT2D eigenvalue weighted by Crippen LogP contribution is 2.34. The largest absolute Gasteiger partial charge is 0.412 e. The molecule has 1 atom stereocenters. The molecule has 1 heterocycles. The number of aromatic nitrogens is 1. The third-order valence-corrected chi connectivity index (χ3v) is 4.63. The van der Waals surface area contributed by atoms with Crippen LogP contribution in [-0.2, 0) is 6.54 Å². The highest BCUT2D eigenvalue weighted by atomic mass is 35.5. The van der Waals surface area contributed by atoms with Gasteiger partial charge in [0.2, 0.25) is 0 Å². The molecule has 1 aromatic heterocycles. The number of nitrogens with zero attached hydrogens (tertiary/aromatic N) is 1. The molecular weight excluding hydrogens is 377 g/mol. The maximum Gasteiger partial charge on any atom is 0.412 e. The molecule has 3 aromatic rings. The minimum absolute atomic E-state index is 0.113. The molecule has 7 heteroatoms. The monoisotopic (exact) mass is 394 g/mol. The zero-order chi connectivity index (χ0) is 19.8. The molecule has 1 unspecified atom stereocenters. The highest BCUT2D eigenvalue weighted by molar-refractivity contribution is 6.30. The molecule has 2 aromatic carbocycles. The maximum absolute atomic E-state index is 13.6. The maximum atomic E-state index is 13.6. The zero-order valence-corrected chi connectivity index (χ0v) is 15.5. The minimum Gasteiger partial charge on any atom is -0.337 e. The average molecular weight is 395 g/mol. The van der Waals surface area contributed by atoms with Crippen LogP contribution in [0.1, 0.15) is 34.6 Å². The van der Waals surface area contributed by atoms with Gasteiger partial charge in [-0.1, -0.05) is 35.9 Å². The average Bonchev–Trinajstić information content (AvgIpc) is 2.96. The molecule has 1 N–H and O–H groups in total. The van der Waals surface area contributed by atoms with Gasteiger partial charge in [0.05, 0.1) is 0 Å². The third kappa shape index (κ3) is 3.95. The molecule has 27 heavy (non-hydrogen) atoms. The summed E-state index contributed by atoms with van der Waals surface area (Å²) in [5.74, 6) is -0.784. The van der Waals surface area contributed by atoms with Crippen molar-refractivity contribution in [1.29, 1.82) is 0 Å². The lowest BCUT2D eigenvalue weighted by molar-refractivity contribution is -0.155. The van der Waals surface area contributed by atoms with Crippen molar-refractivity contribution >= 4 is 28.4 Å². The van der Waals surface area contributed by atoms with Gasteiger partial charge in [-0.2, -0.15) is 13.2 Å². The van der Waals surface area contributed by atoms with Gasteiger partial charge >= 0.3 is 6.18 Å². The van der Waals surface area contributed by atoms with Gasteiger partial charge in [-0.25, -0.2) is 0 Å². The number of fused-ring (bicyclic) bond motifs is 1. The summed E-state index contributed by atoms with van der Waals surface area (Å²) in [4.78, 5) is 12.7. The van der Waals surface area contributed by atoms with E-state index in [2.05, 4.69) is 5.32 Å². The van der Waals surface area contributed by atoms with E-state index in [1.54, 1.807) is 10.6 Å². The van der Waals surface area contributed by atoms with Crippen molar-refractivity contribution in [3.63, 3.8) is 0 Å². The SMILES string of the molecule is CCn1c(C(=O)NC(c2cccc(Cl)c2)C(F)(F)F)cc2ccc(C)cc21. The van der Waals surface area contributed by atoms with Crippen LogP contribution in [0.15, 0.2) is 48.5 Å². The first-order chi connectivity index (χ1) is 12.7.